The number of hydrogen-bond acceptors (Lipinski definition) is 3. The molecule has 0 amide bonds. The largest absolute Gasteiger partial charge is 0.394 e. The molecule has 0 aliphatic rings. The number of hydrogen-bond donors (Lipinski definition) is 2. The zero-order valence-electron chi connectivity index (χ0n) is 10.2. The fourth-order valence-electron chi connectivity index (χ4n) is 1.68. The Labute approximate surface area is 113 Å². The first-order chi connectivity index (χ1) is 8.52. The zero-order chi connectivity index (χ0) is 13.3. The van der Waals surface area contributed by atoms with Crippen LogP contribution >= 0.6 is 15.9 Å². The monoisotopic (exact) mass is 312 g/mol. The lowest BCUT2D eigenvalue weighted by Crippen LogP contribution is -2.04. The first kappa shape index (κ1) is 12.9. The van der Waals surface area contributed by atoms with Gasteiger partial charge in [-0.1, -0.05) is 0 Å². The fraction of sp³-hybridized carbons (Fsp3) is 0.250. The summed E-state index contributed by atoms with van der Waals surface area (Å²) in [5.74, 6) is 0.375. The molecule has 0 unspecified atom stereocenters. The van der Waals surface area contributed by atoms with Crippen molar-refractivity contribution < 1.29 is 4.39 Å². The molecule has 0 spiro atoms. The standard InChI is InChI=1S/C12H14BrFN4/c1-3-18-12(11(15)7(2)17-18)16-10-6-8(14)4-5-9(10)13/h4-6,16H,3,15H2,1-2H3. The number of aryl methyl sites for hydroxylation is 2. The van der Waals surface area contributed by atoms with Crippen LogP contribution in [0.1, 0.15) is 12.6 Å². The SMILES string of the molecule is CCn1nc(C)c(N)c1Nc1cc(F)ccc1Br. The Morgan fingerprint density at radius 2 is 2.22 bits per heavy atom. The van der Waals surface area contributed by atoms with Crippen molar-refractivity contribution in [2.24, 2.45) is 0 Å². The number of nitrogen functional groups attached to an aromatic ring is 1. The van der Waals surface area contributed by atoms with Crippen molar-refractivity contribution >= 4 is 33.1 Å². The Kier molecular flexibility index (Phi) is 3.56. The van der Waals surface area contributed by atoms with E-state index in [1.54, 1.807) is 10.7 Å². The molecule has 96 valence electrons. The number of rotatable bonds is 3. The van der Waals surface area contributed by atoms with Crippen molar-refractivity contribution in [2.75, 3.05) is 11.1 Å². The third kappa shape index (κ3) is 2.33. The summed E-state index contributed by atoms with van der Waals surface area (Å²) in [6.07, 6.45) is 0. The molecule has 0 fully saturated rings. The highest BCUT2D eigenvalue weighted by molar-refractivity contribution is 9.10. The minimum Gasteiger partial charge on any atom is -0.394 e. The Morgan fingerprint density at radius 1 is 1.50 bits per heavy atom. The average Bonchev–Trinajstić information content (AvgIpc) is 2.61. The third-order valence-electron chi connectivity index (χ3n) is 2.65. The summed E-state index contributed by atoms with van der Waals surface area (Å²) in [5, 5.41) is 7.41. The number of anilines is 3. The van der Waals surface area contributed by atoms with Crippen molar-refractivity contribution in [1.29, 1.82) is 0 Å². The van der Waals surface area contributed by atoms with Crippen LogP contribution in [0.15, 0.2) is 22.7 Å². The van der Waals surface area contributed by atoms with E-state index in [4.69, 9.17) is 5.73 Å². The van der Waals surface area contributed by atoms with E-state index in [1.165, 1.54) is 12.1 Å². The molecule has 0 saturated heterocycles. The quantitative estimate of drug-likeness (QED) is 0.912. The van der Waals surface area contributed by atoms with E-state index in [0.29, 0.717) is 23.7 Å². The molecule has 3 N–H and O–H groups in total. The van der Waals surface area contributed by atoms with Crippen molar-refractivity contribution in [3.8, 4) is 0 Å². The Bertz CT molecular complexity index is 580. The van der Waals surface area contributed by atoms with Crippen molar-refractivity contribution in [3.05, 3.63) is 34.2 Å². The van der Waals surface area contributed by atoms with Gasteiger partial charge in [-0.2, -0.15) is 5.10 Å². The minimum absolute atomic E-state index is 0.307. The van der Waals surface area contributed by atoms with Gasteiger partial charge in [0.1, 0.15) is 5.82 Å². The van der Waals surface area contributed by atoms with Crippen LogP contribution < -0.4 is 11.1 Å². The summed E-state index contributed by atoms with van der Waals surface area (Å²) in [5.41, 5.74) is 7.91. The highest BCUT2D eigenvalue weighted by Crippen LogP contribution is 2.30. The van der Waals surface area contributed by atoms with E-state index in [0.717, 1.165) is 10.2 Å². The summed E-state index contributed by atoms with van der Waals surface area (Å²) in [6.45, 7) is 4.50. The van der Waals surface area contributed by atoms with Crippen molar-refractivity contribution in [1.82, 2.24) is 9.78 Å². The summed E-state index contributed by atoms with van der Waals surface area (Å²) < 4.78 is 15.7. The van der Waals surface area contributed by atoms with Crippen LogP contribution in [0.3, 0.4) is 0 Å². The van der Waals surface area contributed by atoms with Gasteiger partial charge in [0.05, 0.1) is 17.1 Å². The predicted molar refractivity (Wildman–Crippen MR) is 74.4 cm³/mol. The normalized spacial score (nSPS) is 10.7. The van der Waals surface area contributed by atoms with E-state index in [-0.39, 0.29) is 5.82 Å². The van der Waals surface area contributed by atoms with E-state index in [2.05, 4.69) is 26.3 Å². The van der Waals surface area contributed by atoms with Gasteiger partial charge in [0.2, 0.25) is 0 Å². The molecule has 0 bridgehead atoms. The summed E-state index contributed by atoms with van der Waals surface area (Å²) >= 11 is 3.37. The van der Waals surface area contributed by atoms with Crippen LogP contribution in [0.4, 0.5) is 21.6 Å². The van der Waals surface area contributed by atoms with Gasteiger partial charge in [-0.05, 0) is 48.0 Å². The third-order valence-corrected chi connectivity index (χ3v) is 3.35. The molecular formula is C12H14BrFN4. The second kappa shape index (κ2) is 4.97. The number of nitrogens with zero attached hydrogens (tertiary/aromatic N) is 2. The van der Waals surface area contributed by atoms with Crippen LogP contribution in [0.25, 0.3) is 0 Å². The van der Waals surface area contributed by atoms with Crippen molar-refractivity contribution in [2.45, 2.75) is 20.4 Å². The lowest BCUT2D eigenvalue weighted by molar-refractivity contribution is 0.628. The highest BCUT2D eigenvalue weighted by atomic mass is 79.9. The second-order valence-electron chi connectivity index (χ2n) is 3.91. The van der Waals surface area contributed by atoms with E-state index in [1.807, 2.05) is 13.8 Å². The van der Waals surface area contributed by atoms with Gasteiger partial charge >= 0.3 is 0 Å². The minimum atomic E-state index is -0.307. The molecule has 1 aromatic carbocycles. The smallest absolute Gasteiger partial charge is 0.152 e. The predicted octanol–water partition coefficient (Wildman–Crippen LogP) is 3.44. The van der Waals surface area contributed by atoms with Gasteiger partial charge in [-0.3, -0.25) is 0 Å². The van der Waals surface area contributed by atoms with Gasteiger partial charge in [0, 0.05) is 11.0 Å². The number of halogens is 2. The number of nitrogens with one attached hydrogen (secondary N) is 1. The maximum atomic E-state index is 13.2. The molecule has 0 aliphatic carbocycles. The topological polar surface area (TPSA) is 55.9 Å². The summed E-state index contributed by atoms with van der Waals surface area (Å²) in [4.78, 5) is 0. The number of aromatic nitrogens is 2. The van der Waals surface area contributed by atoms with Crippen LogP contribution in [-0.2, 0) is 6.54 Å². The van der Waals surface area contributed by atoms with Crippen LogP contribution in [0.2, 0.25) is 0 Å². The fourth-order valence-corrected chi connectivity index (χ4v) is 2.02. The molecule has 0 atom stereocenters. The molecule has 0 aliphatic heterocycles. The Balaban J connectivity index is 2.42. The molecule has 1 aromatic heterocycles. The number of nitrogens with two attached hydrogens (primary N) is 1. The molecule has 18 heavy (non-hydrogen) atoms. The molecule has 0 radical (unpaired) electrons. The van der Waals surface area contributed by atoms with Gasteiger partial charge < -0.3 is 11.1 Å². The molecule has 1 heterocycles. The first-order valence-corrected chi connectivity index (χ1v) is 6.37. The lowest BCUT2D eigenvalue weighted by atomic mass is 10.3. The van der Waals surface area contributed by atoms with Gasteiger partial charge in [0.25, 0.3) is 0 Å². The van der Waals surface area contributed by atoms with Gasteiger partial charge in [-0.15, -0.1) is 0 Å². The summed E-state index contributed by atoms with van der Waals surface area (Å²) in [6, 6.07) is 4.44. The maximum Gasteiger partial charge on any atom is 0.152 e. The van der Waals surface area contributed by atoms with Crippen LogP contribution in [-0.4, -0.2) is 9.78 Å². The van der Waals surface area contributed by atoms with E-state index in [9.17, 15) is 4.39 Å². The van der Waals surface area contributed by atoms with Crippen LogP contribution in [0.5, 0.6) is 0 Å². The molecule has 4 nitrogen and oxygen atoms in total. The first-order valence-electron chi connectivity index (χ1n) is 5.58. The van der Waals surface area contributed by atoms with Gasteiger partial charge in [0.15, 0.2) is 5.82 Å². The molecular weight excluding hydrogens is 299 g/mol. The second-order valence-corrected chi connectivity index (χ2v) is 4.77. The highest BCUT2D eigenvalue weighted by Gasteiger charge is 2.13. The van der Waals surface area contributed by atoms with Crippen molar-refractivity contribution in [3.63, 3.8) is 0 Å². The maximum absolute atomic E-state index is 13.2. The zero-order valence-corrected chi connectivity index (χ0v) is 11.8. The van der Waals surface area contributed by atoms with E-state index >= 15 is 0 Å². The van der Waals surface area contributed by atoms with Gasteiger partial charge in [-0.25, -0.2) is 9.07 Å². The van der Waals surface area contributed by atoms with E-state index < -0.39 is 0 Å². The van der Waals surface area contributed by atoms with Crippen LogP contribution in [0, 0.1) is 12.7 Å². The Morgan fingerprint density at radius 3 is 2.89 bits per heavy atom. The molecule has 2 aromatic rings. The summed E-state index contributed by atoms with van der Waals surface area (Å²) in [7, 11) is 0. The average molecular weight is 313 g/mol. The lowest BCUT2D eigenvalue weighted by Gasteiger charge is -2.11. The molecule has 2 rings (SSSR count). The Hall–Kier alpha value is -1.56. The number of benzene rings is 1. The molecule has 0 saturated carbocycles. The molecule has 6 heteroatoms.